The van der Waals surface area contributed by atoms with Gasteiger partial charge in [0.15, 0.2) is 4.90 Å². The Morgan fingerprint density at radius 1 is 1.64 bits per heavy atom. The van der Waals surface area contributed by atoms with Crippen LogP contribution < -0.4 is 0 Å². The summed E-state index contributed by atoms with van der Waals surface area (Å²) in [6.07, 6.45) is 0. The first-order valence-corrected chi connectivity index (χ1v) is 4.46. The van der Waals surface area contributed by atoms with Crippen LogP contribution in [0.25, 0.3) is 0 Å². The topological polar surface area (TPSA) is 67.5 Å². The maximum atomic E-state index is 10.5. The Kier molecular flexibility index (Phi) is 1.96. The molecule has 1 heterocycles. The fourth-order valence-electron chi connectivity index (χ4n) is 0.638. The van der Waals surface area contributed by atoms with Crippen molar-refractivity contribution in [1.82, 2.24) is 0 Å². The van der Waals surface area contributed by atoms with Gasteiger partial charge in [-0.1, -0.05) is 0 Å². The minimum atomic E-state index is -4.24. The molecule has 62 valence electrons. The minimum Gasteiger partial charge on any atom is -0.448 e. The minimum absolute atomic E-state index is 0.315. The van der Waals surface area contributed by atoms with Gasteiger partial charge in [-0.3, -0.25) is 4.55 Å². The summed E-state index contributed by atoms with van der Waals surface area (Å²) in [5, 5.41) is -0.315. The van der Waals surface area contributed by atoms with E-state index in [0.29, 0.717) is 5.76 Å². The highest BCUT2D eigenvalue weighted by molar-refractivity contribution is 7.86. The van der Waals surface area contributed by atoms with Gasteiger partial charge in [-0.25, -0.2) is 0 Å². The van der Waals surface area contributed by atoms with Crippen LogP contribution in [0.4, 0.5) is 0 Å². The molecule has 0 unspecified atom stereocenters. The van der Waals surface area contributed by atoms with E-state index in [0.717, 1.165) is 6.07 Å². The van der Waals surface area contributed by atoms with E-state index < -0.39 is 15.0 Å². The summed E-state index contributed by atoms with van der Waals surface area (Å²) in [5.41, 5.74) is 0. The number of hydrogen-bond donors (Lipinski definition) is 1. The van der Waals surface area contributed by atoms with Crippen molar-refractivity contribution in [3.8, 4) is 0 Å². The van der Waals surface area contributed by atoms with E-state index >= 15 is 0 Å². The number of rotatable bonds is 1. The first-order valence-electron chi connectivity index (χ1n) is 2.64. The van der Waals surface area contributed by atoms with Gasteiger partial charge in [-0.15, -0.1) is 0 Å². The average molecular weight is 197 g/mol. The van der Waals surface area contributed by atoms with E-state index in [1.807, 2.05) is 0 Å². The van der Waals surface area contributed by atoms with Gasteiger partial charge in [0.25, 0.3) is 10.1 Å². The lowest BCUT2D eigenvalue weighted by Crippen LogP contribution is -1.95. The Labute approximate surface area is 68.5 Å². The predicted molar refractivity (Wildman–Crippen MR) is 38.3 cm³/mol. The van der Waals surface area contributed by atoms with Gasteiger partial charge < -0.3 is 4.42 Å². The standard InChI is InChI=1S/C5H5ClO4S/c1-3-2-4(5(6)10-3)11(7,8)9/h2H,1H3,(H,7,8,9). The molecule has 0 aliphatic rings. The number of halogens is 1. The summed E-state index contributed by atoms with van der Waals surface area (Å²) in [4.78, 5) is -0.392. The Bertz CT molecular complexity index is 364. The Morgan fingerprint density at radius 2 is 2.18 bits per heavy atom. The van der Waals surface area contributed by atoms with Crippen molar-refractivity contribution in [2.24, 2.45) is 0 Å². The Balaban J connectivity index is 3.36. The fraction of sp³-hybridized carbons (Fsp3) is 0.200. The lowest BCUT2D eigenvalue weighted by Gasteiger charge is -1.87. The molecule has 0 aliphatic carbocycles. The van der Waals surface area contributed by atoms with Crippen LogP contribution in [0, 0.1) is 6.92 Å². The summed E-state index contributed by atoms with van der Waals surface area (Å²) < 4.78 is 34.1. The number of furan rings is 1. The van der Waals surface area contributed by atoms with Crippen LogP contribution >= 0.6 is 11.6 Å². The molecule has 11 heavy (non-hydrogen) atoms. The largest absolute Gasteiger partial charge is 0.448 e. The zero-order chi connectivity index (χ0) is 8.65. The van der Waals surface area contributed by atoms with Gasteiger partial charge in [0.05, 0.1) is 0 Å². The first kappa shape index (κ1) is 8.58. The second-order valence-corrected chi connectivity index (χ2v) is 3.70. The van der Waals surface area contributed by atoms with Gasteiger partial charge in [0.1, 0.15) is 5.76 Å². The third-order valence-corrected chi connectivity index (χ3v) is 2.31. The molecule has 6 heteroatoms. The smallest absolute Gasteiger partial charge is 0.299 e. The van der Waals surface area contributed by atoms with E-state index in [2.05, 4.69) is 4.42 Å². The molecule has 0 bridgehead atoms. The van der Waals surface area contributed by atoms with Crippen molar-refractivity contribution in [1.29, 1.82) is 0 Å². The van der Waals surface area contributed by atoms with Crippen molar-refractivity contribution in [3.63, 3.8) is 0 Å². The third-order valence-electron chi connectivity index (χ3n) is 1.06. The third kappa shape index (κ3) is 1.74. The molecule has 0 fully saturated rings. The molecule has 0 saturated heterocycles. The van der Waals surface area contributed by atoms with Crippen molar-refractivity contribution < 1.29 is 17.4 Å². The zero-order valence-corrected chi connectivity index (χ0v) is 7.11. The molecule has 1 N–H and O–H groups in total. The zero-order valence-electron chi connectivity index (χ0n) is 5.54. The Hall–Kier alpha value is -0.520. The van der Waals surface area contributed by atoms with Crippen LogP contribution in [-0.2, 0) is 10.1 Å². The van der Waals surface area contributed by atoms with Crippen molar-refractivity contribution in [2.45, 2.75) is 11.8 Å². The highest BCUT2D eigenvalue weighted by atomic mass is 35.5. The summed E-state index contributed by atoms with van der Waals surface area (Å²) in [6.45, 7) is 1.53. The van der Waals surface area contributed by atoms with Crippen molar-refractivity contribution >= 4 is 21.7 Å². The maximum absolute atomic E-state index is 10.5. The quantitative estimate of drug-likeness (QED) is 0.691. The molecule has 0 amide bonds. The van der Waals surface area contributed by atoms with Crippen molar-refractivity contribution in [2.75, 3.05) is 0 Å². The van der Waals surface area contributed by atoms with Gasteiger partial charge in [0.2, 0.25) is 5.22 Å². The summed E-state index contributed by atoms with van der Waals surface area (Å²) in [5.74, 6) is 0.336. The van der Waals surface area contributed by atoms with E-state index in [4.69, 9.17) is 16.2 Å². The SMILES string of the molecule is Cc1cc(S(=O)(=O)O)c(Cl)o1. The van der Waals surface area contributed by atoms with Gasteiger partial charge in [0, 0.05) is 6.07 Å². The fourth-order valence-corrected chi connectivity index (χ4v) is 1.67. The van der Waals surface area contributed by atoms with E-state index in [9.17, 15) is 8.42 Å². The molecule has 0 radical (unpaired) electrons. The van der Waals surface area contributed by atoms with Gasteiger partial charge >= 0.3 is 0 Å². The molecule has 0 aliphatic heterocycles. The normalized spacial score (nSPS) is 11.9. The Morgan fingerprint density at radius 3 is 2.36 bits per heavy atom. The summed E-state index contributed by atoms with van der Waals surface area (Å²) >= 11 is 5.32. The van der Waals surface area contributed by atoms with E-state index in [1.54, 1.807) is 0 Å². The molecule has 1 aromatic rings. The van der Waals surface area contributed by atoms with Crippen LogP contribution in [0.15, 0.2) is 15.4 Å². The van der Waals surface area contributed by atoms with Gasteiger partial charge in [-0.2, -0.15) is 8.42 Å². The van der Waals surface area contributed by atoms with E-state index in [1.165, 1.54) is 6.92 Å². The highest BCUT2D eigenvalue weighted by Gasteiger charge is 2.18. The second kappa shape index (κ2) is 2.51. The average Bonchev–Trinajstić information content (AvgIpc) is 2.08. The second-order valence-electron chi connectivity index (χ2n) is 1.97. The van der Waals surface area contributed by atoms with Crippen LogP contribution in [0.5, 0.6) is 0 Å². The first-order chi connectivity index (χ1) is 4.91. The highest BCUT2D eigenvalue weighted by Crippen LogP contribution is 2.24. The lowest BCUT2D eigenvalue weighted by molar-refractivity contribution is 0.479. The molecule has 0 atom stereocenters. The van der Waals surface area contributed by atoms with Crippen LogP contribution in [0.2, 0.25) is 5.22 Å². The molecule has 0 aromatic carbocycles. The van der Waals surface area contributed by atoms with Crippen LogP contribution in [0.3, 0.4) is 0 Å². The molecule has 1 aromatic heterocycles. The maximum Gasteiger partial charge on any atom is 0.299 e. The van der Waals surface area contributed by atoms with Crippen LogP contribution in [-0.4, -0.2) is 13.0 Å². The molecular formula is C5H5ClO4S. The number of aryl methyl sites for hydroxylation is 1. The van der Waals surface area contributed by atoms with E-state index in [-0.39, 0.29) is 5.22 Å². The molecule has 4 nitrogen and oxygen atoms in total. The van der Waals surface area contributed by atoms with Gasteiger partial charge in [-0.05, 0) is 18.5 Å². The summed E-state index contributed by atoms with van der Waals surface area (Å²) in [6, 6.07) is 1.15. The van der Waals surface area contributed by atoms with Crippen molar-refractivity contribution in [3.05, 3.63) is 17.0 Å². The molecule has 0 saturated carbocycles. The molecular weight excluding hydrogens is 192 g/mol. The summed E-state index contributed by atoms with van der Waals surface area (Å²) in [7, 11) is -4.24. The molecule has 0 spiro atoms. The monoisotopic (exact) mass is 196 g/mol. The van der Waals surface area contributed by atoms with Crippen LogP contribution in [0.1, 0.15) is 5.76 Å². The molecule has 1 rings (SSSR count). The number of hydrogen-bond acceptors (Lipinski definition) is 3. The lowest BCUT2D eigenvalue weighted by atomic mass is 10.5. The predicted octanol–water partition coefficient (Wildman–Crippen LogP) is 1.49.